The quantitative estimate of drug-likeness (QED) is 0.779. The topological polar surface area (TPSA) is 20.2 Å². The average molecular weight is 273 g/mol. The molecular formula is C8H5BrF4O. The van der Waals surface area contributed by atoms with E-state index in [4.69, 9.17) is 5.11 Å². The summed E-state index contributed by atoms with van der Waals surface area (Å²) in [5.41, 5.74) is -1.27. The number of halogens is 5. The molecular weight excluding hydrogens is 268 g/mol. The first kappa shape index (κ1) is 11.5. The number of benzene rings is 1. The maximum absolute atomic E-state index is 13.1. The Hall–Kier alpha value is -0.620. The van der Waals surface area contributed by atoms with Gasteiger partial charge < -0.3 is 5.11 Å². The van der Waals surface area contributed by atoms with Crippen molar-refractivity contribution in [3.05, 3.63) is 33.5 Å². The molecule has 1 rings (SSSR count). The van der Waals surface area contributed by atoms with E-state index >= 15 is 0 Å². The van der Waals surface area contributed by atoms with Gasteiger partial charge in [-0.15, -0.1) is 0 Å². The molecule has 0 saturated heterocycles. The molecule has 0 fully saturated rings. The first-order chi connectivity index (χ1) is 6.38. The summed E-state index contributed by atoms with van der Waals surface area (Å²) in [7, 11) is 0. The number of alkyl halides is 3. The minimum Gasteiger partial charge on any atom is -0.392 e. The van der Waals surface area contributed by atoms with Crippen LogP contribution in [0.2, 0.25) is 0 Å². The molecule has 0 aliphatic rings. The second-order valence-corrected chi connectivity index (χ2v) is 3.35. The summed E-state index contributed by atoms with van der Waals surface area (Å²) in [5, 5.41) is 8.66. The zero-order chi connectivity index (χ0) is 10.9. The summed E-state index contributed by atoms with van der Waals surface area (Å²) >= 11 is 2.65. The molecule has 0 atom stereocenters. The van der Waals surface area contributed by atoms with Crippen LogP contribution in [0.4, 0.5) is 17.6 Å². The second-order valence-electron chi connectivity index (χ2n) is 2.56. The predicted molar refractivity (Wildman–Crippen MR) is 45.0 cm³/mol. The Bertz CT molecular complexity index is 348. The highest BCUT2D eigenvalue weighted by atomic mass is 79.9. The molecule has 0 saturated carbocycles. The van der Waals surface area contributed by atoms with Crippen molar-refractivity contribution in [2.75, 3.05) is 0 Å². The summed E-state index contributed by atoms with van der Waals surface area (Å²) in [6.45, 7) is -0.518. The number of rotatable bonds is 1. The molecule has 0 aliphatic carbocycles. The van der Waals surface area contributed by atoms with Crippen LogP contribution in [0.25, 0.3) is 0 Å². The molecule has 6 heteroatoms. The standard InChI is InChI=1S/C8H5BrF4O/c9-6-4(3-14)1-2-5(7(6)10)8(11,12)13/h1-2,14H,3H2. The van der Waals surface area contributed by atoms with E-state index in [1.54, 1.807) is 0 Å². The van der Waals surface area contributed by atoms with Gasteiger partial charge in [0.05, 0.1) is 16.6 Å². The smallest absolute Gasteiger partial charge is 0.392 e. The normalized spacial score (nSPS) is 11.9. The minimum atomic E-state index is -4.72. The lowest BCUT2D eigenvalue weighted by atomic mass is 10.1. The lowest BCUT2D eigenvalue weighted by Gasteiger charge is -2.10. The highest BCUT2D eigenvalue weighted by Crippen LogP contribution is 2.35. The van der Waals surface area contributed by atoms with Crippen molar-refractivity contribution in [1.82, 2.24) is 0 Å². The van der Waals surface area contributed by atoms with Crippen LogP contribution in [0.15, 0.2) is 16.6 Å². The Morgan fingerprint density at radius 2 is 1.86 bits per heavy atom. The highest BCUT2D eigenvalue weighted by Gasteiger charge is 2.35. The lowest BCUT2D eigenvalue weighted by Crippen LogP contribution is -2.09. The summed E-state index contributed by atoms with van der Waals surface area (Å²) in [6, 6.07) is 1.63. The first-order valence-electron chi connectivity index (χ1n) is 3.53. The van der Waals surface area contributed by atoms with E-state index < -0.39 is 24.2 Å². The Kier molecular flexibility index (Phi) is 3.16. The van der Waals surface area contributed by atoms with Crippen molar-refractivity contribution in [3.63, 3.8) is 0 Å². The van der Waals surface area contributed by atoms with Gasteiger partial charge >= 0.3 is 6.18 Å². The zero-order valence-corrected chi connectivity index (χ0v) is 8.28. The van der Waals surface area contributed by atoms with Crippen molar-refractivity contribution in [2.45, 2.75) is 12.8 Å². The highest BCUT2D eigenvalue weighted by molar-refractivity contribution is 9.10. The monoisotopic (exact) mass is 272 g/mol. The molecule has 0 heterocycles. The van der Waals surface area contributed by atoms with Gasteiger partial charge in [0.25, 0.3) is 0 Å². The van der Waals surface area contributed by atoms with Crippen molar-refractivity contribution < 1.29 is 22.7 Å². The van der Waals surface area contributed by atoms with Crippen LogP contribution in [0.1, 0.15) is 11.1 Å². The molecule has 78 valence electrons. The Balaban J connectivity index is 3.31. The summed E-state index contributed by atoms with van der Waals surface area (Å²) < 4.78 is 49.1. The fraction of sp³-hybridized carbons (Fsp3) is 0.250. The van der Waals surface area contributed by atoms with Gasteiger partial charge in [-0.1, -0.05) is 6.07 Å². The third-order valence-corrected chi connectivity index (χ3v) is 2.50. The number of aliphatic hydroxyl groups excluding tert-OH is 1. The first-order valence-corrected chi connectivity index (χ1v) is 4.32. The molecule has 0 amide bonds. The van der Waals surface area contributed by atoms with Gasteiger partial charge in [0.1, 0.15) is 5.82 Å². The van der Waals surface area contributed by atoms with Crippen LogP contribution in [0.3, 0.4) is 0 Å². The van der Waals surface area contributed by atoms with Crippen LogP contribution in [-0.2, 0) is 12.8 Å². The maximum Gasteiger partial charge on any atom is 0.419 e. The SMILES string of the molecule is OCc1ccc(C(F)(F)F)c(F)c1Br. The van der Waals surface area contributed by atoms with E-state index in [2.05, 4.69) is 15.9 Å². The van der Waals surface area contributed by atoms with E-state index in [1.807, 2.05) is 0 Å². The van der Waals surface area contributed by atoms with E-state index in [-0.39, 0.29) is 10.0 Å². The van der Waals surface area contributed by atoms with Crippen LogP contribution in [0, 0.1) is 5.82 Å². The second kappa shape index (κ2) is 3.86. The van der Waals surface area contributed by atoms with Gasteiger partial charge in [-0.25, -0.2) is 4.39 Å². The van der Waals surface area contributed by atoms with Crippen molar-refractivity contribution in [2.24, 2.45) is 0 Å². The molecule has 0 radical (unpaired) electrons. The molecule has 1 nitrogen and oxygen atoms in total. The van der Waals surface area contributed by atoms with Gasteiger partial charge in [-0.05, 0) is 27.6 Å². The number of hydrogen-bond acceptors (Lipinski definition) is 1. The summed E-state index contributed by atoms with van der Waals surface area (Å²) in [5.74, 6) is -1.40. The van der Waals surface area contributed by atoms with Crippen LogP contribution < -0.4 is 0 Å². The third kappa shape index (κ3) is 2.06. The third-order valence-electron chi connectivity index (χ3n) is 1.64. The predicted octanol–water partition coefficient (Wildman–Crippen LogP) is 3.10. The Morgan fingerprint density at radius 3 is 2.29 bits per heavy atom. The van der Waals surface area contributed by atoms with Crippen LogP contribution in [-0.4, -0.2) is 5.11 Å². The largest absolute Gasteiger partial charge is 0.419 e. The van der Waals surface area contributed by atoms with Crippen molar-refractivity contribution in [1.29, 1.82) is 0 Å². The average Bonchev–Trinajstić information content (AvgIpc) is 2.07. The molecule has 14 heavy (non-hydrogen) atoms. The van der Waals surface area contributed by atoms with Crippen LogP contribution >= 0.6 is 15.9 Å². The van der Waals surface area contributed by atoms with E-state index in [0.29, 0.717) is 6.07 Å². The fourth-order valence-corrected chi connectivity index (χ4v) is 1.40. The van der Waals surface area contributed by atoms with Gasteiger partial charge in [-0.3, -0.25) is 0 Å². The molecule has 0 aromatic heterocycles. The number of aliphatic hydroxyl groups is 1. The van der Waals surface area contributed by atoms with Gasteiger partial charge in [0.2, 0.25) is 0 Å². The fourth-order valence-electron chi connectivity index (χ4n) is 0.930. The molecule has 1 N–H and O–H groups in total. The van der Waals surface area contributed by atoms with E-state index in [9.17, 15) is 17.6 Å². The zero-order valence-electron chi connectivity index (χ0n) is 6.70. The number of hydrogen-bond donors (Lipinski definition) is 1. The molecule has 0 bridgehead atoms. The van der Waals surface area contributed by atoms with Gasteiger partial charge in [0, 0.05) is 0 Å². The Morgan fingerprint density at radius 1 is 1.29 bits per heavy atom. The molecule has 1 aromatic rings. The molecule has 1 aromatic carbocycles. The summed E-state index contributed by atoms with van der Waals surface area (Å²) in [6.07, 6.45) is -4.72. The van der Waals surface area contributed by atoms with Crippen molar-refractivity contribution in [3.8, 4) is 0 Å². The van der Waals surface area contributed by atoms with E-state index in [0.717, 1.165) is 6.07 Å². The Labute approximate surface area is 85.5 Å². The minimum absolute atomic E-state index is 0.0792. The molecule has 0 unspecified atom stereocenters. The molecule has 0 aliphatic heterocycles. The van der Waals surface area contributed by atoms with Crippen LogP contribution in [0.5, 0.6) is 0 Å². The van der Waals surface area contributed by atoms with E-state index in [1.165, 1.54) is 0 Å². The maximum atomic E-state index is 13.1. The molecule has 0 spiro atoms. The van der Waals surface area contributed by atoms with Gasteiger partial charge in [0.15, 0.2) is 0 Å². The lowest BCUT2D eigenvalue weighted by molar-refractivity contribution is -0.140. The van der Waals surface area contributed by atoms with Gasteiger partial charge in [-0.2, -0.15) is 13.2 Å². The van der Waals surface area contributed by atoms with Crippen molar-refractivity contribution >= 4 is 15.9 Å². The summed E-state index contributed by atoms with van der Waals surface area (Å²) in [4.78, 5) is 0.